The van der Waals surface area contributed by atoms with E-state index in [1.807, 2.05) is 73.6 Å². The number of benzene rings is 2. The van der Waals surface area contributed by atoms with Crippen molar-refractivity contribution in [3.63, 3.8) is 0 Å². The molecule has 0 bridgehead atoms. The molecule has 0 heterocycles. The minimum atomic E-state index is -0.363. The highest BCUT2D eigenvalue weighted by Crippen LogP contribution is 2.15. The van der Waals surface area contributed by atoms with E-state index in [-0.39, 0.29) is 11.5 Å². The molecule has 134 valence electrons. The van der Waals surface area contributed by atoms with Crippen LogP contribution in [0.2, 0.25) is 0 Å². The van der Waals surface area contributed by atoms with E-state index in [9.17, 15) is 10.1 Å². The maximum absolute atomic E-state index is 12.2. The van der Waals surface area contributed by atoms with E-state index in [1.54, 1.807) is 13.2 Å². The highest BCUT2D eigenvalue weighted by molar-refractivity contribution is 6.01. The van der Waals surface area contributed by atoms with Gasteiger partial charge in [-0.2, -0.15) is 5.26 Å². The molecule has 0 saturated heterocycles. The Kier molecular flexibility index (Phi) is 6.81. The fourth-order valence-corrected chi connectivity index (χ4v) is 2.39. The number of rotatable bonds is 7. The number of nitrogens with one attached hydrogen (secondary N) is 1. The van der Waals surface area contributed by atoms with Crippen LogP contribution in [0.1, 0.15) is 11.1 Å². The summed E-state index contributed by atoms with van der Waals surface area (Å²) in [5, 5.41) is 12.1. The number of hydrogen-bond donors (Lipinski definition) is 1. The Labute approximate surface area is 154 Å². The Morgan fingerprint density at radius 2 is 1.81 bits per heavy atom. The summed E-state index contributed by atoms with van der Waals surface area (Å²) >= 11 is 0. The molecule has 0 aromatic heterocycles. The van der Waals surface area contributed by atoms with Crippen molar-refractivity contribution in [3.8, 4) is 11.8 Å². The molecule has 1 N–H and O–H groups in total. The second-order valence-electron chi connectivity index (χ2n) is 6.01. The van der Waals surface area contributed by atoms with Crippen molar-refractivity contribution in [3.05, 3.63) is 65.2 Å². The van der Waals surface area contributed by atoms with Crippen LogP contribution in [0.25, 0.3) is 6.08 Å². The third kappa shape index (κ3) is 5.38. The number of nitrogens with zero attached hydrogens (tertiary/aromatic N) is 2. The quantitative estimate of drug-likeness (QED) is 0.616. The van der Waals surface area contributed by atoms with Gasteiger partial charge in [-0.15, -0.1) is 0 Å². The fraction of sp³-hybridized carbons (Fsp3) is 0.238. The van der Waals surface area contributed by atoms with Crippen LogP contribution in [0.4, 0.5) is 5.69 Å². The summed E-state index contributed by atoms with van der Waals surface area (Å²) < 4.78 is 5.12. The number of ether oxygens (including phenoxy) is 1. The zero-order valence-electron chi connectivity index (χ0n) is 15.3. The zero-order chi connectivity index (χ0) is 18.9. The van der Waals surface area contributed by atoms with Crippen molar-refractivity contribution < 1.29 is 9.53 Å². The molecule has 0 fully saturated rings. The third-order valence-electron chi connectivity index (χ3n) is 3.94. The zero-order valence-corrected chi connectivity index (χ0v) is 15.3. The van der Waals surface area contributed by atoms with Crippen LogP contribution in [0.5, 0.6) is 5.75 Å². The molecule has 2 aromatic carbocycles. The van der Waals surface area contributed by atoms with Crippen molar-refractivity contribution in [2.45, 2.75) is 6.42 Å². The monoisotopic (exact) mass is 349 g/mol. The first-order chi connectivity index (χ1) is 12.5. The van der Waals surface area contributed by atoms with Gasteiger partial charge in [-0.25, -0.2) is 0 Å². The molecule has 0 aliphatic heterocycles. The average molecular weight is 349 g/mol. The molecule has 0 saturated carbocycles. The molecule has 2 aromatic rings. The summed E-state index contributed by atoms with van der Waals surface area (Å²) in [5.74, 6) is 0.436. The number of amides is 1. The summed E-state index contributed by atoms with van der Waals surface area (Å²) in [5.41, 5.74) is 3.06. The molecule has 26 heavy (non-hydrogen) atoms. The molecule has 0 spiro atoms. The average Bonchev–Trinajstić information content (AvgIpc) is 2.66. The van der Waals surface area contributed by atoms with Crippen LogP contribution in [0.3, 0.4) is 0 Å². The van der Waals surface area contributed by atoms with Gasteiger partial charge in [-0.05, 0) is 47.9 Å². The Balaban J connectivity index is 1.94. The fourth-order valence-electron chi connectivity index (χ4n) is 2.39. The van der Waals surface area contributed by atoms with E-state index < -0.39 is 0 Å². The number of hydrogen-bond acceptors (Lipinski definition) is 4. The van der Waals surface area contributed by atoms with Crippen LogP contribution in [-0.4, -0.2) is 33.7 Å². The summed E-state index contributed by atoms with van der Waals surface area (Å²) in [7, 11) is 5.54. The van der Waals surface area contributed by atoms with E-state index in [1.165, 1.54) is 0 Å². The predicted molar refractivity (Wildman–Crippen MR) is 104 cm³/mol. The van der Waals surface area contributed by atoms with Gasteiger partial charge in [0.05, 0.1) is 7.11 Å². The number of nitriles is 1. The van der Waals surface area contributed by atoms with Gasteiger partial charge in [0.25, 0.3) is 5.91 Å². The lowest BCUT2D eigenvalue weighted by atomic mass is 10.1. The third-order valence-corrected chi connectivity index (χ3v) is 3.94. The highest BCUT2D eigenvalue weighted by Gasteiger charge is 2.08. The molecule has 5 heteroatoms. The van der Waals surface area contributed by atoms with E-state index in [4.69, 9.17) is 4.74 Å². The van der Waals surface area contributed by atoms with E-state index >= 15 is 0 Å². The Morgan fingerprint density at radius 1 is 1.15 bits per heavy atom. The summed E-state index contributed by atoms with van der Waals surface area (Å²) in [4.78, 5) is 14.2. The molecule has 0 radical (unpaired) electrons. The topological polar surface area (TPSA) is 65.4 Å². The van der Waals surface area contributed by atoms with Crippen molar-refractivity contribution in [1.29, 1.82) is 5.26 Å². The second kappa shape index (κ2) is 9.28. The Hall–Kier alpha value is -3.26. The van der Waals surface area contributed by atoms with E-state index in [2.05, 4.69) is 5.32 Å². The molecular formula is C21H23N3O2. The molecule has 0 aliphatic rings. The van der Waals surface area contributed by atoms with Gasteiger partial charge in [0.1, 0.15) is 17.4 Å². The van der Waals surface area contributed by atoms with Gasteiger partial charge in [0, 0.05) is 26.3 Å². The van der Waals surface area contributed by atoms with Crippen LogP contribution >= 0.6 is 0 Å². The maximum atomic E-state index is 12.2. The number of carbonyl (C=O) groups excluding carboxylic acids is 1. The van der Waals surface area contributed by atoms with Gasteiger partial charge in [0.2, 0.25) is 0 Å². The highest BCUT2D eigenvalue weighted by atomic mass is 16.5. The summed E-state index contributed by atoms with van der Waals surface area (Å²) in [6, 6.07) is 17.3. The Bertz CT molecular complexity index is 801. The largest absolute Gasteiger partial charge is 0.497 e. The van der Waals surface area contributed by atoms with Crippen LogP contribution in [0.15, 0.2) is 54.1 Å². The second-order valence-corrected chi connectivity index (χ2v) is 6.01. The SMILES string of the molecule is COc1ccc(CCNC(=O)/C(C#N)=C\c2ccc(N(C)C)cc2)cc1. The smallest absolute Gasteiger partial charge is 0.261 e. The van der Waals surface area contributed by atoms with E-state index in [0.29, 0.717) is 13.0 Å². The molecule has 0 atom stereocenters. The van der Waals surface area contributed by atoms with Crippen LogP contribution < -0.4 is 15.0 Å². The number of anilines is 1. The molecule has 0 aliphatic carbocycles. The van der Waals surface area contributed by atoms with Gasteiger partial charge >= 0.3 is 0 Å². The van der Waals surface area contributed by atoms with Gasteiger partial charge < -0.3 is 15.0 Å². The standard InChI is InChI=1S/C21H23N3O2/c1-24(2)19-8-4-17(5-9-19)14-18(15-22)21(25)23-13-12-16-6-10-20(26-3)11-7-16/h4-11,14H,12-13H2,1-3H3,(H,23,25)/b18-14-. The van der Waals surface area contributed by atoms with Gasteiger partial charge in [-0.3, -0.25) is 4.79 Å². The van der Waals surface area contributed by atoms with Crippen molar-refractivity contribution in [2.75, 3.05) is 32.6 Å². The van der Waals surface area contributed by atoms with E-state index in [0.717, 1.165) is 22.6 Å². The maximum Gasteiger partial charge on any atom is 0.261 e. The molecule has 2 rings (SSSR count). The summed E-state index contributed by atoms with van der Waals surface area (Å²) in [6.45, 7) is 0.462. The summed E-state index contributed by atoms with van der Waals surface area (Å²) in [6.07, 6.45) is 2.29. The first-order valence-corrected chi connectivity index (χ1v) is 8.34. The molecule has 1 amide bonds. The van der Waals surface area contributed by atoms with Crippen molar-refractivity contribution >= 4 is 17.7 Å². The van der Waals surface area contributed by atoms with Gasteiger partial charge in [0.15, 0.2) is 0 Å². The lowest BCUT2D eigenvalue weighted by Crippen LogP contribution is -2.26. The van der Waals surface area contributed by atoms with Crippen molar-refractivity contribution in [1.82, 2.24) is 5.32 Å². The molecule has 5 nitrogen and oxygen atoms in total. The lowest BCUT2D eigenvalue weighted by Gasteiger charge is -2.12. The minimum absolute atomic E-state index is 0.0948. The first kappa shape index (κ1) is 19.1. The van der Waals surface area contributed by atoms with Crippen LogP contribution in [-0.2, 0) is 11.2 Å². The predicted octanol–water partition coefficient (Wildman–Crippen LogP) is 3.03. The van der Waals surface area contributed by atoms with Gasteiger partial charge in [-0.1, -0.05) is 24.3 Å². The number of methoxy groups -OCH3 is 1. The van der Waals surface area contributed by atoms with Crippen molar-refractivity contribution in [2.24, 2.45) is 0 Å². The Morgan fingerprint density at radius 3 is 2.35 bits per heavy atom. The normalized spacial score (nSPS) is 10.8. The minimum Gasteiger partial charge on any atom is -0.497 e. The molecular weight excluding hydrogens is 326 g/mol. The van der Waals surface area contributed by atoms with Crippen LogP contribution in [0, 0.1) is 11.3 Å². The first-order valence-electron chi connectivity index (χ1n) is 8.34. The number of carbonyl (C=O) groups is 1. The lowest BCUT2D eigenvalue weighted by molar-refractivity contribution is -0.117. The molecule has 0 unspecified atom stereocenters.